The van der Waals surface area contributed by atoms with Gasteiger partial charge in [0, 0.05) is 17.1 Å². The van der Waals surface area contributed by atoms with Gasteiger partial charge in [-0.05, 0) is 24.6 Å². The van der Waals surface area contributed by atoms with Gasteiger partial charge in [-0.2, -0.15) is 4.98 Å². The summed E-state index contributed by atoms with van der Waals surface area (Å²) in [5.74, 6) is 0.631. The Morgan fingerprint density at radius 2 is 2.06 bits per heavy atom. The van der Waals surface area contributed by atoms with E-state index in [-0.39, 0.29) is 5.95 Å². The van der Waals surface area contributed by atoms with E-state index in [0.29, 0.717) is 5.82 Å². The molecular formula is C11H11N5. The van der Waals surface area contributed by atoms with Gasteiger partial charge in [-0.25, -0.2) is 4.98 Å². The van der Waals surface area contributed by atoms with Crippen molar-refractivity contribution in [1.82, 2.24) is 15.0 Å². The molecule has 0 bridgehead atoms. The number of hydrogen-bond acceptors (Lipinski definition) is 4. The third-order valence-electron chi connectivity index (χ3n) is 2.75. The van der Waals surface area contributed by atoms with Gasteiger partial charge in [-0.3, -0.25) is 0 Å². The summed E-state index contributed by atoms with van der Waals surface area (Å²) in [5, 5.41) is 1.89. The molecule has 0 saturated carbocycles. The van der Waals surface area contributed by atoms with E-state index >= 15 is 0 Å². The molecule has 5 nitrogen and oxygen atoms in total. The van der Waals surface area contributed by atoms with Crippen LogP contribution in [0.25, 0.3) is 21.8 Å². The zero-order valence-corrected chi connectivity index (χ0v) is 8.78. The summed E-state index contributed by atoms with van der Waals surface area (Å²) < 4.78 is 0. The largest absolute Gasteiger partial charge is 0.383 e. The Labute approximate surface area is 91.5 Å². The lowest BCUT2D eigenvalue weighted by molar-refractivity contribution is 1.25. The number of benzene rings is 1. The van der Waals surface area contributed by atoms with E-state index in [1.807, 2.05) is 25.3 Å². The molecule has 80 valence electrons. The Hall–Kier alpha value is -2.30. The number of rotatable bonds is 0. The molecule has 2 heterocycles. The summed E-state index contributed by atoms with van der Waals surface area (Å²) in [4.78, 5) is 11.4. The summed E-state index contributed by atoms with van der Waals surface area (Å²) >= 11 is 0. The third kappa shape index (κ3) is 1.05. The van der Waals surface area contributed by atoms with Crippen molar-refractivity contribution in [2.24, 2.45) is 0 Å². The first-order valence-corrected chi connectivity index (χ1v) is 4.96. The molecule has 5 N–H and O–H groups in total. The van der Waals surface area contributed by atoms with Crippen molar-refractivity contribution in [3.8, 4) is 0 Å². The van der Waals surface area contributed by atoms with Crippen molar-refractivity contribution in [1.29, 1.82) is 0 Å². The maximum absolute atomic E-state index is 5.89. The van der Waals surface area contributed by atoms with Crippen LogP contribution in [0.1, 0.15) is 5.56 Å². The van der Waals surface area contributed by atoms with Crippen LogP contribution in [0.15, 0.2) is 18.3 Å². The van der Waals surface area contributed by atoms with Crippen LogP contribution in [0.2, 0.25) is 0 Å². The van der Waals surface area contributed by atoms with E-state index in [2.05, 4.69) is 15.0 Å². The Bertz CT molecular complexity index is 698. The molecule has 0 fully saturated rings. The normalized spacial score (nSPS) is 11.3. The number of anilines is 2. The lowest BCUT2D eigenvalue weighted by Gasteiger charge is -2.05. The average Bonchev–Trinajstić information content (AvgIpc) is 2.65. The lowest BCUT2D eigenvalue weighted by atomic mass is 10.1. The molecule has 5 heteroatoms. The second-order valence-corrected chi connectivity index (χ2v) is 3.82. The highest BCUT2D eigenvalue weighted by molar-refractivity contribution is 6.11. The predicted molar refractivity (Wildman–Crippen MR) is 65.0 cm³/mol. The van der Waals surface area contributed by atoms with Gasteiger partial charge >= 0.3 is 0 Å². The fourth-order valence-corrected chi connectivity index (χ4v) is 2.08. The van der Waals surface area contributed by atoms with Gasteiger partial charge in [0.05, 0.1) is 10.9 Å². The minimum Gasteiger partial charge on any atom is -0.383 e. The Morgan fingerprint density at radius 1 is 1.25 bits per heavy atom. The minimum absolute atomic E-state index is 0.208. The lowest BCUT2D eigenvalue weighted by Crippen LogP contribution is -2.01. The van der Waals surface area contributed by atoms with E-state index in [1.54, 1.807) is 0 Å². The van der Waals surface area contributed by atoms with E-state index in [4.69, 9.17) is 11.5 Å². The SMILES string of the molecule is Cc1cc2nc(N)nc(N)c2c2cc[nH]c12. The second-order valence-electron chi connectivity index (χ2n) is 3.82. The van der Waals surface area contributed by atoms with Crippen LogP contribution in [0.3, 0.4) is 0 Å². The highest BCUT2D eigenvalue weighted by Gasteiger charge is 2.10. The Morgan fingerprint density at radius 3 is 2.88 bits per heavy atom. The molecule has 2 aromatic heterocycles. The highest BCUT2D eigenvalue weighted by Crippen LogP contribution is 2.29. The van der Waals surface area contributed by atoms with Gasteiger partial charge in [0.1, 0.15) is 5.82 Å². The summed E-state index contributed by atoms with van der Waals surface area (Å²) in [6.07, 6.45) is 1.88. The van der Waals surface area contributed by atoms with Crippen molar-refractivity contribution in [2.45, 2.75) is 6.92 Å². The van der Waals surface area contributed by atoms with Crippen molar-refractivity contribution in [3.63, 3.8) is 0 Å². The highest BCUT2D eigenvalue weighted by atomic mass is 15.0. The topological polar surface area (TPSA) is 93.6 Å². The van der Waals surface area contributed by atoms with Crippen molar-refractivity contribution < 1.29 is 0 Å². The first kappa shape index (κ1) is 8.96. The van der Waals surface area contributed by atoms with Crippen LogP contribution < -0.4 is 11.5 Å². The molecule has 0 amide bonds. The summed E-state index contributed by atoms with van der Waals surface area (Å²) in [7, 11) is 0. The minimum atomic E-state index is 0.208. The van der Waals surface area contributed by atoms with Gasteiger partial charge in [0.25, 0.3) is 0 Å². The van der Waals surface area contributed by atoms with Gasteiger partial charge in [0.15, 0.2) is 0 Å². The van der Waals surface area contributed by atoms with Crippen LogP contribution in [-0.2, 0) is 0 Å². The maximum atomic E-state index is 5.89. The van der Waals surface area contributed by atoms with Gasteiger partial charge in [-0.15, -0.1) is 0 Å². The molecule has 0 aliphatic rings. The van der Waals surface area contributed by atoms with Crippen LogP contribution in [0.4, 0.5) is 11.8 Å². The van der Waals surface area contributed by atoms with E-state index in [1.165, 1.54) is 0 Å². The number of H-pyrrole nitrogens is 1. The first-order valence-electron chi connectivity index (χ1n) is 4.96. The third-order valence-corrected chi connectivity index (χ3v) is 2.75. The van der Waals surface area contributed by atoms with Gasteiger partial charge < -0.3 is 16.5 Å². The number of nitrogen functional groups attached to an aromatic ring is 2. The number of aryl methyl sites for hydroxylation is 1. The average molecular weight is 213 g/mol. The number of aromatic amines is 1. The van der Waals surface area contributed by atoms with Gasteiger partial charge in [-0.1, -0.05) is 0 Å². The molecule has 0 saturated heterocycles. The van der Waals surface area contributed by atoms with Gasteiger partial charge in [0.2, 0.25) is 5.95 Å². The monoisotopic (exact) mass is 213 g/mol. The molecule has 16 heavy (non-hydrogen) atoms. The first-order chi connectivity index (χ1) is 7.66. The molecule has 0 radical (unpaired) electrons. The number of nitrogens with two attached hydrogens (primary N) is 2. The summed E-state index contributed by atoms with van der Waals surface area (Å²) in [5.41, 5.74) is 14.4. The predicted octanol–water partition coefficient (Wildman–Crippen LogP) is 1.58. The molecule has 0 atom stereocenters. The summed E-state index contributed by atoms with van der Waals surface area (Å²) in [6, 6.07) is 3.93. The molecule has 3 aromatic rings. The maximum Gasteiger partial charge on any atom is 0.222 e. The molecule has 3 rings (SSSR count). The van der Waals surface area contributed by atoms with Crippen LogP contribution in [0.5, 0.6) is 0 Å². The second kappa shape index (κ2) is 2.85. The zero-order valence-electron chi connectivity index (χ0n) is 8.78. The van der Waals surface area contributed by atoms with E-state index in [0.717, 1.165) is 27.4 Å². The molecule has 0 aliphatic carbocycles. The number of hydrogen-bond donors (Lipinski definition) is 3. The van der Waals surface area contributed by atoms with Crippen LogP contribution in [-0.4, -0.2) is 15.0 Å². The molecule has 0 spiro atoms. The van der Waals surface area contributed by atoms with Crippen molar-refractivity contribution in [2.75, 3.05) is 11.5 Å². The number of fused-ring (bicyclic) bond motifs is 3. The molecular weight excluding hydrogens is 202 g/mol. The number of nitrogens with one attached hydrogen (secondary N) is 1. The number of aromatic nitrogens is 3. The fourth-order valence-electron chi connectivity index (χ4n) is 2.08. The molecule has 0 aliphatic heterocycles. The van der Waals surface area contributed by atoms with E-state index in [9.17, 15) is 0 Å². The van der Waals surface area contributed by atoms with Crippen molar-refractivity contribution in [3.05, 3.63) is 23.9 Å². The molecule has 0 unspecified atom stereocenters. The van der Waals surface area contributed by atoms with Crippen LogP contribution in [0, 0.1) is 6.92 Å². The fraction of sp³-hybridized carbons (Fsp3) is 0.0909. The standard InChI is InChI=1S/C11H11N5/c1-5-4-7-8(6-2-3-14-9(5)6)10(12)16-11(13)15-7/h2-4,14H,1H3,(H4,12,13,15,16). The van der Waals surface area contributed by atoms with E-state index < -0.39 is 0 Å². The number of nitrogens with zero attached hydrogens (tertiary/aromatic N) is 2. The quantitative estimate of drug-likeness (QED) is 0.528. The van der Waals surface area contributed by atoms with Crippen LogP contribution >= 0.6 is 0 Å². The Balaban J connectivity index is 2.64. The summed E-state index contributed by atoms with van der Waals surface area (Å²) in [6.45, 7) is 2.02. The van der Waals surface area contributed by atoms with Crippen molar-refractivity contribution >= 4 is 33.6 Å². The molecule has 1 aromatic carbocycles. The Kier molecular flexibility index (Phi) is 1.60. The zero-order chi connectivity index (χ0) is 11.3. The smallest absolute Gasteiger partial charge is 0.222 e.